The Hall–Kier alpha value is -1.62. The smallest absolute Gasteiger partial charge is 0.274 e. The van der Waals surface area contributed by atoms with Crippen LogP contribution in [-0.2, 0) is 0 Å². The second kappa shape index (κ2) is 6.02. The number of hydrogen-bond donors (Lipinski definition) is 1. The molecule has 1 unspecified atom stereocenters. The van der Waals surface area contributed by atoms with E-state index in [1.807, 2.05) is 6.07 Å². The van der Waals surface area contributed by atoms with Crippen LogP contribution in [0.1, 0.15) is 31.2 Å². The number of hydrogen-bond acceptors (Lipinski definition) is 4. The van der Waals surface area contributed by atoms with Gasteiger partial charge in [-0.2, -0.15) is 0 Å². The Kier molecular flexibility index (Phi) is 4.37. The van der Waals surface area contributed by atoms with Gasteiger partial charge in [-0.15, -0.1) is 0 Å². The van der Waals surface area contributed by atoms with Gasteiger partial charge in [0.15, 0.2) is 0 Å². The average Bonchev–Trinajstić information content (AvgIpc) is 2.63. The lowest BCUT2D eigenvalue weighted by molar-refractivity contribution is -0.385. The highest BCUT2D eigenvalue weighted by Crippen LogP contribution is 2.31. The fourth-order valence-corrected chi connectivity index (χ4v) is 2.80. The zero-order valence-corrected chi connectivity index (χ0v) is 11.2. The standard InChI is InChI=1S/C14H20N2O3/c1-11-13(7-5-8-14(11)16(18)19)15-9-4-2-3-6-12(15)10-17/h5,7-8,12,17H,2-4,6,9-10H2,1H3. The van der Waals surface area contributed by atoms with E-state index in [1.165, 1.54) is 6.07 Å². The maximum Gasteiger partial charge on any atom is 0.274 e. The lowest BCUT2D eigenvalue weighted by Gasteiger charge is -2.31. The van der Waals surface area contributed by atoms with Crippen LogP contribution in [0.4, 0.5) is 11.4 Å². The molecule has 1 N–H and O–H groups in total. The summed E-state index contributed by atoms with van der Waals surface area (Å²) in [6.07, 6.45) is 4.27. The summed E-state index contributed by atoms with van der Waals surface area (Å²) in [7, 11) is 0. The van der Waals surface area contributed by atoms with E-state index < -0.39 is 0 Å². The molecule has 1 heterocycles. The number of nitro groups is 1. The van der Waals surface area contributed by atoms with E-state index in [9.17, 15) is 15.2 Å². The predicted molar refractivity (Wildman–Crippen MR) is 74.5 cm³/mol. The minimum absolute atomic E-state index is 0.0724. The molecule has 1 aromatic rings. The summed E-state index contributed by atoms with van der Waals surface area (Å²) in [5.41, 5.74) is 1.72. The molecule has 0 radical (unpaired) electrons. The molecule has 1 aromatic carbocycles. The Bertz CT molecular complexity index is 462. The number of rotatable bonds is 3. The topological polar surface area (TPSA) is 66.6 Å². The molecule has 104 valence electrons. The van der Waals surface area contributed by atoms with Gasteiger partial charge in [0.2, 0.25) is 0 Å². The molecule has 0 saturated carbocycles. The highest BCUT2D eigenvalue weighted by Gasteiger charge is 2.24. The van der Waals surface area contributed by atoms with Crippen LogP contribution >= 0.6 is 0 Å². The van der Waals surface area contributed by atoms with Crippen LogP contribution in [0.25, 0.3) is 0 Å². The summed E-state index contributed by atoms with van der Waals surface area (Å²) in [6.45, 7) is 2.74. The Balaban J connectivity index is 2.38. The quantitative estimate of drug-likeness (QED) is 0.673. The Labute approximate surface area is 113 Å². The van der Waals surface area contributed by atoms with Crippen molar-refractivity contribution < 1.29 is 10.0 Å². The molecule has 5 nitrogen and oxygen atoms in total. The number of aliphatic hydroxyl groups excluding tert-OH is 1. The van der Waals surface area contributed by atoms with Crippen LogP contribution in [0, 0.1) is 17.0 Å². The lowest BCUT2D eigenvalue weighted by atomic mass is 10.1. The summed E-state index contributed by atoms with van der Waals surface area (Å²) in [5.74, 6) is 0. The molecule has 2 rings (SSSR count). The molecule has 0 spiro atoms. The zero-order valence-electron chi connectivity index (χ0n) is 11.2. The first-order chi connectivity index (χ1) is 9.15. The molecule has 0 bridgehead atoms. The fraction of sp³-hybridized carbons (Fsp3) is 0.571. The number of nitro benzene ring substituents is 1. The maximum atomic E-state index is 11.0. The first-order valence-corrected chi connectivity index (χ1v) is 6.76. The zero-order chi connectivity index (χ0) is 13.8. The van der Waals surface area contributed by atoms with E-state index in [0.29, 0.717) is 5.56 Å². The summed E-state index contributed by atoms with van der Waals surface area (Å²) >= 11 is 0. The second-order valence-corrected chi connectivity index (χ2v) is 5.06. The van der Waals surface area contributed by atoms with Crippen molar-refractivity contribution >= 4 is 11.4 Å². The highest BCUT2D eigenvalue weighted by molar-refractivity contribution is 5.62. The van der Waals surface area contributed by atoms with Gasteiger partial charge in [-0.1, -0.05) is 18.9 Å². The van der Waals surface area contributed by atoms with Crippen molar-refractivity contribution in [2.75, 3.05) is 18.1 Å². The Morgan fingerprint density at radius 2 is 2.21 bits per heavy atom. The first-order valence-electron chi connectivity index (χ1n) is 6.76. The molecule has 5 heteroatoms. The average molecular weight is 264 g/mol. The molecular weight excluding hydrogens is 244 g/mol. The normalized spacial score (nSPS) is 20.1. The van der Waals surface area contributed by atoms with Gasteiger partial charge in [0.1, 0.15) is 0 Å². The van der Waals surface area contributed by atoms with E-state index in [4.69, 9.17) is 0 Å². The predicted octanol–water partition coefficient (Wildman–Crippen LogP) is 2.64. The number of nitrogens with zero attached hydrogens (tertiary/aromatic N) is 2. The summed E-state index contributed by atoms with van der Waals surface area (Å²) < 4.78 is 0. The van der Waals surface area contributed by atoms with E-state index >= 15 is 0 Å². The maximum absolute atomic E-state index is 11.0. The highest BCUT2D eigenvalue weighted by atomic mass is 16.6. The molecule has 1 aliphatic heterocycles. The third-order valence-corrected chi connectivity index (χ3v) is 3.87. The van der Waals surface area contributed by atoms with Crippen LogP contribution < -0.4 is 4.90 Å². The molecule has 1 saturated heterocycles. The molecule has 1 atom stereocenters. The molecule has 1 fully saturated rings. The third kappa shape index (κ3) is 2.87. The van der Waals surface area contributed by atoms with Crippen LogP contribution in [0.15, 0.2) is 18.2 Å². The minimum atomic E-state index is -0.343. The fourth-order valence-electron chi connectivity index (χ4n) is 2.80. The van der Waals surface area contributed by atoms with Crippen LogP contribution in [0.5, 0.6) is 0 Å². The number of benzene rings is 1. The van der Waals surface area contributed by atoms with Crippen LogP contribution in [0.3, 0.4) is 0 Å². The summed E-state index contributed by atoms with van der Waals surface area (Å²) in [6, 6.07) is 5.24. The van der Waals surface area contributed by atoms with E-state index in [0.717, 1.165) is 37.9 Å². The van der Waals surface area contributed by atoms with Crippen molar-refractivity contribution in [3.8, 4) is 0 Å². The van der Waals surface area contributed by atoms with Gasteiger partial charge < -0.3 is 10.0 Å². The summed E-state index contributed by atoms with van der Waals surface area (Å²) in [4.78, 5) is 12.8. The first kappa shape index (κ1) is 13.8. The lowest BCUT2D eigenvalue weighted by Crippen LogP contribution is -2.38. The molecule has 19 heavy (non-hydrogen) atoms. The van der Waals surface area contributed by atoms with Gasteiger partial charge >= 0.3 is 0 Å². The van der Waals surface area contributed by atoms with Gasteiger partial charge in [0, 0.05) is 18.3 Å². The molecule has 0 aromatic heterocycles. The molecule has 1 aliphatic rings. The van der Waals surface area contributed by atoms with Gasteiger partial charge in [-0.3, -0.25) is 10.1 Å². The van der Waals surface area contributed by atoms with Crippen molar-refractivity contribution in [2.24, 2.45) is 0 Å². The van der Waals surface area contributed by atoms with Crippen molar-refractivity contribution in [3.05, 3.63) is 33.9 Å². The van der Waals surface area contributed by atoms with Gasteiger partial charge in [0.25, 0.3) is 5.69 Å². The monoisotopic (exact) mass is 264 g/mol. The van der Waals surface area contributed by atoms with E-state index in [2.05, 4.69) is 4.90 Å². The Morgan fingerprint density at radius 3 is 2.89 bits per heavy atom. The Morgan fingerprint density at radius 1 is 1.42 bits per heavy atom. The van der Waals surface area contributed by atoms with E-state index in [1.54, 1.807) is 13.0 Å². The molecule has 0 amide bonds. The van der Waals surface area contributed by atoms with Gasteiger partial charge in [-0.25, -0.2) is 0 Å². The molecular formula is C14H20N2O3. The van der Waals surface area contributed by atoms with Crippen LogP contribution in [-0.4, -0.2) is 29.2 Å². The number of aliphatic hydroxyl groups is 1. The third-order valence-electron chi connectivity index (χ3n) is 3.87. The number of anilines is 1. The second-order valence-electron chi connectivity index (χ2n) is 5.06. The SMILES string of the molecule is Cc1c(N2CCCCCC2CO)cccc1[N+](=O)[O-]. The van der Waals surface area contributed by atoms with Gasteiger partial charge in [0.05, 0.1) is 23.1 Å². The van der Waals surface area contributed by atoms with Crippen LogP contribution in [0.2, 0.25) is 0 Å². The van der Waals surface area contributed by atoms with Crippen molar-refractivity contribution in [1.82, 2.24) is 0 Å². The largest absolute Gasteiger partial charge is 0.394 e. The van der Waals surface area contributed by atoms with Crippen molar-refractivity contribution in [2.45, 2.75) is 38.6 Å². The van der Waals surface area contributed by atoms with Gasteiger partial charge in [-0.05, 0) is 25.8 Å². The minimum Gasteiger partial charge on any atom is -0.394 e. The summed E-state index contributed by atoms with van der Waals surface area (Å²) in [5, 5.41) is 20.6. The van der Waals surface area contributed by atoms with E-state index in [-0.39, 0.29) is 23.3 Å². The van der Waals surface area contributed by atoms with Crippen molar-refractivity contribution in [1.29, 1.82) is 0 Å². The van der Waals surface area contributed by atoms with Crippen molar-refractivity contribution in [3.63, 3.8) is 0 Å². The molecule has 0 aliphatic carbocycles.